The molecule has 2 rings (SSSR count). The van der Waals surface area contributed by atoms with Gasteiger partial charge in [-0.1, -0.05) is 12.1 Å². The quantitative estimate of drug-likeness (QED) is 0.617. The Morgan fingerprint density at radius 2 is 1.79 bits per heavy atom. The Bertz CT molecular complexity index is 846. The number of ether oxygens (including phenoxy) is 1. The van der Waals surface area contributed by atoms with Crippen LogP contribution in [0.2, 0.25) is 0 Å². The Morgan fingerprint density at radius 3 is 2.42 bits per heavy atom. The number of hydrogen-bond donors (Lipinski definition) is 2. The van der Waals surface area contributed by atoms with Crippen molar-refractivity contribution >= 4 is 27.8 Å². The van der Waals surface area contributed by atoms with Crippen LogP contribution in [0.3, 0.4) is 0 Å². The van der Waals surface area contributed by atoms with Gasteiger partial charge in [-0.05, 0) is 36.4 Å². The molecule has 0 spiro atoms. The lowest BCUT2D eigenvalue weighted by Crippen LogP contribution is -2.18. The van der Waals surface area contributed by atoms with Crippen LogP contribution in [0.25, 0.3) is 0 Å². The zero-order valence-corrected chi connectivity index (χ0v) is 14.0. The predicted octanol–water partition coefficient (Wildman–Crippen LogP) is 1.97. The molecule has 8 heteroatoms. The van der Waals surface area contributed by atoms with Crippen LogP contribution in [0.1, 0.15) is 12.5 Å². The van der Waals surface area contributed by atoms with Gasteiger partial charge in [-0.15, -0.1) is 0 Å². The Hall–Kier alpha value is -2.87. The van der Waals surface area contributed by atoms with E-state index in [-0.39, 0.29) is 10.8 Å². The van der Waals surface area contributed by atoms with Gasteiger partial charge < -0.3 is 10.1 Å². The van der Waals surface area contributed by atoms with Gasteiger partial charge in [0.05, 0.1) is 18.2 Å². The third kappa shape index (κ3) is 4.56. The molecule has 1 amide bonds. The second kappa shape index (κ2) is 7.60. The Labute approximate surface area is 140 Å². The maximum atomic E-state index is 12.2. The van der Waals surface area contributed by atoms with Crippen molar-refractivity contribution in [1.82, 2.24) is 4.83 Å². The first kappa shape index (κ1) is 17.5. The third-order valence-electron chi connectivity index (χ3n) is 3.00. The van der Waals surface area contributed by atoms with Gasteiger partial charge in [-0.2, -0.15) is 13.5 Å². The fraction of sp³-hybridized carbons (Fsp3) is 0.125. The van der Waals surface area contributed by atoms with Crippen LogP contribution in [0.15, 0.2) is 58.5 Å². The van der Waals surface area contributed by atoms with Crippen molar-refractivity contribution in [3.63, 3.8) is 0 Å². The van der Waals surface area contributed by atoms with Crippen molar-refractivity contribution in [3.05, 3.63) is 54.1 Å². The Morgan fingerprint density at radius 1 is 1.12 bits per heavy atom. The number of hydrazone groups is 1. The topological polar surface area (TPSA) is 96.9 Å². The maximum Gasteiger partial charge on any atom is 0.276 e. The minimum atomic E-state index is -3.80. The summed E-state index contributed by atoms with van der Waals surface area (Å²) < 4.78 is 29.5. The molecule has 2 aromatic rings. The first-order valence-corrected chi connectivity index (χ1v) is 8.46. The van der Waals surface area contributed by atoms with Gasteiger partial charge in [0.2, 0.25) is 5.91 Å². The van der Waals surface area contributed by atoms with Crippen LogP contribution < -0.4 is 14.9 Å². The van der Waals surface area contributed by atoms with Crippen molar-refractivity contribution in [2.45, 2.75) is 11.8 Å². The fourth-order valence-electron chi connectivity index (χ4n) is 1.91. The number of benzene rings is 2. The van der Waals surface area contributed by atoms with Crippen molar-refractivity contribution in [1.29, 1.82) is 0 Å². The molecule has 2 N–H and O–H groups in total. The minimum Gasteiger partial charge on any atom is -0.496 e. The molecule has 24 heavy (non-hydrogen) atoms. The number of hydrogen-bond acceptors (Lipinski definition) is 5. The van der Waals surface area contributed by atoms with E-state index >= 15 is 0 Å². The van der Waals surface area contributed by atoms with Crippen molar-refractivity contribution < 1.29 is 17.9 Å². The molecule has 0 bridgehead atoms. The molecule has 0 saturated heterocycles. The molecule has 0 aliphatic rings. The van der Waals surface area contributed by atoms with Crippen molar-refractivity contribution in [2.24, 2.45) is 5.10 Å². The molecule has 7 nitrogen and oxygen atoms in total. The van der Waals surface area contributed by atoms with Crippen LogP contribution >= 0.6 is 0 Å². The minimum absolute atomic E-state index is 0.0359. The van der Waals surface area contributed by atoms with Gasteiger partial charge in [0.25, 0.3) is 10.0 Å². The summed E-state index contributed by atoms with van der Waals surface area (Å²) in [7, 11) is -2.28. The van der Waals surface area contributed by atoms with E-state index in [4.69, 9.17) is 4.74 Å². The molecule has 0 atom stereocenters. The number of anilines is 1. The first-order chi connectivity index (χ1) is 11.4. The zero-order valence-electron chi connectivity index (χ0n) is 13.2. The second-order valence-corrected chi connectivity index (χ2v) is 6.46. The number of nitrogens with zero attached hydrogens (tertiary/aromatic N) is 1. The molecular weight excluding hydrogens is 330 g/mol. The van der Waals surface area contributed by atoms with Gasteiger partial charge in [-0.25, -0.2) is 4.83 Å². The smallest absolute Gasteiger partial charge is 0.276 e. The number of amides is 1. The van der Waals surface area contributed by atoms with Gasteiger partial charge in [0.15, 0.2) is 0 Å². The maximum absolute atomic E-state index is 12.2. The fourth-order valence-corrected chi connectivity index (χ4v) is 2.70. The van der Waals surface area contributed by atoms with Gasteiger partial charge >= 0.3 is 0 Å². The van der Waals surface area contributed by atoms with E-state index in [1.165, 1.54) is 44.5 Å². The van der Waals surface area contributed by atoms with E-state index in [0.29, 0.717) is 17.0 Å². The predicted molar refractivity (Wildman–Crippen MR) is 91.7 cm³/mol. The number of carbonyl (C=O) groups is 1. The molecule has 126 valence electrons. The molecule has 0 aromatic heterocycles. The molecular formula is C16H17N3O4S. The van der Waals surface area contributed by atoms with E-state index in [0.717, 1.165) is 0 Å². The summed E-state index contributed by atoms with van der Waals surface area (Å²) >= 11 is 0. The largest absolute Gasteiger partial charge is 0.496 e. The molecule has 0 unspecified atom stereocenters. The summed E-state index contributed by atoms with van der Waals surface area (Å²) in [6, 6.07) is 12.9. The average molecular weight is 347 g/mol. The summed E-state index contributed by atoms with van der Waals surface area (Å²) in [5.41, 5.74) is 1.16. The summed E-state index contributed by atoms with van der Waals surface area (Å²) in [6.07, 6.45) is 1.36. The summed E-state index contributed by atoms with van der Waals surface area (Å²) in [6.45, 7) is 1.37. The van der Waals surface area contributed by atoms with Crippen LogP contribution in [-0.2, 0) is 14.8 Å². The lowest BCUT2D eigenvalue weighted by molar-refractivity contribution is -0.114. The highest BCUT2D eigenvalue weighted by Gasteiger charge is 2.12. The van der Waals surface area contributed by atoms with Crippen molar-refractivity contribution in [3.8, 4) is 5.75 Å². The summed E-state index contributed by atoms with van der Waals surface area (Å²) in [5.74, 6) is 0.352. The molecule has 0 heterocycles. The number of sulfonamides is 1. The number of rotatable bonds is 6. The van der Waals surface area contributed by atoms with E-state index in [1.807, 2.05) is 0 Å². The highest BCUT2D eigenvalue weighted by molar-refractivity contribution is 7.89. The number of methoxy groups -OCH3 is 1. The lowest BCUT2D eigenvalue weighted by atomic mass is 10.2. The zero-order chi connectivity index (χ0) is 17.6. The summed E-state index contributed by atoms with van der Waals surface area (Å²) in [4.78, 5) is 13.1. The van der Waals surface area contributed by atoms with Crippen LogP contribution in [0.5, 0.6) is 5.75 Å². The monoisotopic (exact) mass is 347 g/mol. The van der Waals surface area contributed by atoms with Crippen molar-refractivity contribution in [2.75, 3.05) is 12.4 Å². The van der Waals surface area contributed by atoms with Crippen LogP contribution in [0.4, 0.5) is 5.69 Å². The highest BCUT2D eigenvalue weighted by atomic mass is 32.2. The molecule has 2 aromatic carbocycles. The van der Waals surface area contributed by atoms with E-state index in [9.17, 15) is 13.2 Å². The molecule has 0 aliphatic heterocycles. The van der Waals surface area contributed by atoms with Crippen LogP contribution in [-0.4, -0.2) is 27.6 Å². The first-order valence-electron chi connectivity index (χ1n) is 6.98. The molecule has 0 aliphatic carbocycles. The van der Waals surface area contributed by atoms with Gasteiger partial charge in [0.1, 0.15) is 5.75 Å². The number of nitrogens with one attached hydrogen (secondary N) is 2. The SMILES string of the molecule is COc1ccccc1/C=N/NS(=O)(=O)c1ccc(NC(C)=O)cc1. The number of para-hydroxylation sites is 1. The van der Waals surface area contributed by atoms with E-state index in [2.05, 4.69) is 15.2 Å². The lowest BCUT2D eigenvalue weighted by Gasteiger charge is -2.06. The van der Waals surface area contributed by atoms with E-state index in [1.54, 1.807) is 24.3 Å². The summed E-state index contributed by atoms with van der Waals surface area (Å²) in [5, 5.41) is 6.32. The normalized spacial score (nSPS) is 11.2. The van der Waals surface area contributed by atoms with Gasteiger partial charge in [-0.3, -0.25) is 4.79 Å². The van der Waals surface area contributed by atoms with E-state index < -0.39 is 10.0 Å². The Kier molecular flexibility index (Phi) is 5.54. The standard InChI is InChI=1S/C16H17N3O4S/c1-12(20)18-14-7-9-15(10-8-14)24(21,22)19-17-11-13-5-3-4-6-16(13)23-2/h3-11,19H,1-2H3,(H,18,20)/b17-11+. The second-order valence-electron chi connectivity index (χ2n) is 4.80. The highest BCUT2D eigenvalue weighted by Crippen LogP contribution is 2.16. The van der Waals surface area contributed by atoms with Gasteiger partial charge in [0, 0.05) is 18.2 Å². The average Bonchev–Trinajstić information content (AvgIpc) is 2.55. The molecule has 0 saturated carbocycles. The number of carbonyl (C=O) groups excluding carboxylic acids is 1. The Balaban J connectivity index is 2.10. The third-order valence-corrected chi connectivity index (χ3v) is 4.24. The molecule has 0 radical (unpaired) electrons. The van der Waals surface area contributed by atoms with Crippen LogP contribution in [0, 0.1) is 0 Å². The molecule has 0 fully saturated rings.